The molecular formula is C17H25ClO. The van der Waals surface area contributed by atoms with E-state index < -0.39 is 0 Å². The van der Waals surface area contributed by atoms with E-state index in [1.807, 2.05) is 0 Å². The minimum Gasteiger partial charge on any atom is -0.393 e. The van der Waals surface area contributed by atoms with E-state index in [9.17, 15) is 5.11 Å². The zero-order valence-corrected chi connectivity index (χ0v) is 12.7. The number of hydrogen-bond acceptors (Lipinski definition) is 1. The van der Waals surface area contributed by atoms with Crippen LogP contribution < -0.4 is 0 Å². The summed E-state index contributed by atoms with van der Waals surface area (Å²) in [5.74, 6) is 2.71. The maximum Gasteiger partial charge on any atom is 0.0591 e. The van der Waals surface area contributed by atoms with Gasteiger partial charge in [-0.05, 0) is 60.8 Å². The second kappa shape index (κ2) is 5.26. The first-order valence-corrected chi connectivity index (χ1v) is 8.22. The van der Waals surface area contributed by atoms with E-state index in [-0.39, 0.29) is 6.10 Å². The molecule has 0 aliphatic heterocycles. The second-order valence-corrected chi connectivity index (χ2v) is 7.53. The van der Waals surface area contributed by atoms with Crippen molar-refractivity contribution in [2.75, 3.05) is 0 Å². The summed E-state index contributed by atoms with van der Waals surface area (Å²) < 4.78 is 0. The van der Waals surface area contributed by atoms with Crippen molar-refractivity contribution in [1.82, 2.24) is 0 Å². The van der Waals surface area contributed by atoms with E-state index in [4.69, 9.17) is 11.6 Å². The summed E-state index contributed by atoms with van der Waals surface area (Å²) >= 11 is 6.37. The Hall–Kier alpha value is -0.270. The molecule has 0 radical (unpaired) electrons. The molecule has 0 amide bonds. The molecule has 3 rings (SSSR count). The summed E-state index contributed by atoms with van der Waals surface area (Å²) in [7, 11) is 0. The van der Waals surface area contributed by atoms with Crippen LogP contribution in [-0.2, 0) is 0 Å². The molecule has 19 heavy (non-hydrogen) atoms. The number of rotatable bonds is 1. The third-order valence-corrected chi connectivity index (χ3v) is 6.06. The minimum atomic E-state index is -0.115. The predicted molar refractivity (Wildman–Crippen MR) is 80.1 cm³/mol. The lowest BCUT2D eigenvalue weighted by Crippen LogP contribution is -2.35. The molecule has 0 heterocycles. The fourth-order valence-corrected chi connectivity index (χ4v) is 4.76. The lowest BCUT2D eigenvalue weighted by atomic mass is 9.70. The first kappa shape index (κ1) is 13.7. The van der Waals surface area contributed by atoms with Crippen molar-refractivity contribution in [2.24, 2.45) is 29.6 Å². The van der Waals surface area contributed by atoms with E-state index >= 15 is 0 Å². The van der Waals surface area contributed by atoms with Crippen LogP contribution in [0.2, 0.25) is 0 Å². The second-order valence-electron chi connectivity index (χ2n) is 6.97. The van der Waals surface area contributed by atoms with Crippen LogP contribution in [-0.4, -0.2) is 16.6 Å². The highest BCUT2D eigenvalue weighted by Gasteiger charge is 2.37. The van der Waals surface area contributed by atoms with Crippen LogP contribution in [0.5, 0.6) is 0 Å². The molecule has 3 aliphatic rings. The normalized spacial score (nSPS) is 49.9. The number of halogens is 1. The summed E-state index contributed by atoms with van der Waals surface area (Å²) in [5, 5.41) is 10.4. The fourth-order valence-electron chi connectivity index (χ4n) is 4.37. The van der Waals surface area contributed by atoms with Crippen molar-refractivity contribution >= 4 is 11.6 Å². The van der Waals surface area contributed by atoms with Gasteiger partial charge >= 0.3 is 0 Å². The summed E-state index contributed by atoms with van der Waals surface area (Å²) in [6.07, 6.45) is 11.7. The van der Waals surface area contributed by atoms with E-state index in [1.54, 1.807) is 0 Å². The van der Waals surface area contributed by atoms with E-state index in [0.29, 0.717) is 35.0 Å². The van der Waals surface area contributed by atoms with Gasteiger partial charge in [0.05, 0.1) is 6.10 Å². The third-order valence-electron chi connectivity index (χ3n) is 5.56. The molecule has 0 aromatic heterocycles. The van der Waals surface area contributed by atoms with Crippen LogP contribution in [0.3, 0.4) is 0 Å². The van der Waals surface area contributed by atoms with Crippen LogP contribution in [0.25, 0.3) is 0 Å². The molecule has 2 saturated carbocycles. The standard InChI is InChI=1S/C17H25ClO/c1-10-7-14(8-11(2)17(10)19)12-3-5-15-13(9-12)4-6-16(15)18/h3,5,9-11,13-17,19H,4,6-8H2,1-2H3. The van der Waals surface area contributed by atoms with Crippen LogP contribution in [0, 0.1) is 29.6 Å². The Kier molecular flexibility index (Phi) is 3.79. The Labute approximate surface area is 121 Å². The van der Waals surface area contributed by atoms with Crippen molar-refractivity contribution in [1.29, 1.82) is 0 Å². The molecule has 5 unspecified atom stereocenters. The molecule has 1 nitrogen and oxygen atoms in total. The molecule has 0 saturated heterocycles. The average Bonchev–Trinajstić information content (AvgIpc) is 2.76. The van der Waals surface area contributed by atoms with Gasteiger partial charge in [0.25, 0.3) is 0 Å². The lowest BCUT2D eigenvalue weighted by Gasteiger charge is -2.38. The van der Waals surface area contributed by atoms with Gasteiger partial charge < -0.3 is 5.11 Å². The highest BCUT2D eigenvalue weighted by Crippen LogP contribution is 2.44. The van der Waals surface area contributed by atoms with Gasteiger partial charge in [0.15, 0.2) is 0 Å². The molecule has 2 heteroatoms. The molecule has 0 spiro atoms. The quantitative estimate of drug-likeness (QED) is 0.715. The monoisotopic (exact) mass is 280 g/mol. The van der Waals surface area contributed by atoms with Gasteiger partial charge in [-0.3, -0.25) is 0 Å². The van der Waals surface area contributed by atoms with Crippen LogP contribution in [0.1, 0.15) is 39.5 Å². The summed E-state index contributed by atoms with van der Waals surface area (Å²) in [6, 6.07) is 0. The third kappa shape index (κ3) is 2.52. The van der Waals surface area contributed by atoms with Gasteiger partial charge in [-0.15, -0.1) is 11.6 Å². The Morgan fingerprint density at radius 3 is 2.53 bits per heavy atom. The van der Waals surface area contributed by atoms with Gasteiger partial charge in [0.2, 0.25) is 0 Å². The fraction of sp³-hybridized carbons (Fsp3) is 0.765. The van der Waals surface area contributed by atoms with E-state index in [2.05, 4.69) is 32.1 Å². The number of allylic oxidation sites excluding steroid dienone is 4. The Bertz CT molecular complexity index is 388. The van der Waals surface area contributed by atoms with Crippen molar-refractivity contribution in [3.63, 3.8) is 0 Å². The lowest BCUT2D eigenvalue weighted by molar-refractivity contribution is 0.0185. The Morgan fingerprint density at radius 2 is 1.84 bits per heavy atom. The van der Waals surface area contributed by atoms with E-state index in [1.165, 1.54) is 12.0 Å². The number of hydrogen-bond donors (Lipinski definition) is 1. The molecule has 3 aliphatic carbocycles. The summed E-state index contributed by atoms with van der Waals surface area (Å²) in [4.78, 5) is 0. The first-order chi connectivity index (χ1) is 9.06. The van der Waals surface area contributed by atoms with Gasteiger partial charge in [-0.1, -0.05) is 32.1 Å². The first-order valence-electron chi connectivity index (χ1n) is 7.78. The van der Waals surface area contributed by atoms with Crippen molar-refractivity contribution in [3.8, 4) is 0 Å². The van der Waals surface area contributed by atoms with Gasteiger partial charge in [0.1, 0.15) is 0 Å². The molecule has 5 atom stereocenters. The van der Waals surface area contributed by atoms with Crippen LogP contribution in [0.4, 0.5) is 0 Å². The van der Waals surface area contributed by atoms with Crippen LogP contribution >= 0.6 is 11.6 Å². The van der Waals surface area contributed by atoms with Crippen molar-refractivity contribution < 1.29 is 5.11 Å². The predicted octanol–water partition coefficient (Wildman–Crippen LogP) is 4.16. The zero-order valence-electron chi connectivity index (χ0n) is 11.9. The highest BCUT2D eigenvalue weighted by molar-refractivity contribution is 6.21. The average molecular weight is 281 g/mol. The molecule has 0 aromatic rings. The molecule has 0 bridgehead atoms. The maximum absolute atomic E-state index is 10.1. The summed E-state index contributed by atoms with van der Waals surface area (Å²) in [6.45, 7) is 4.38. The van der Waals surface area contributed by atoms with Crippen LogP contribution in [0.15, 0.2) is 23.8 Å². The summed E-state index contributed by atoms with van der Waals surface area (Å²) in [5.41, 5.74) is 1.51. The number of aliphatic hydroxyl groups is 1. The largest absolute Gasteiger partial charge is 0.393 e. The van der Waals surface area contributed by atoms with Gasteiger partial charge in [-0.2, -0.15) is 0 Å². The van der Waals surface area contributed by atoms with Crippen molar-refractivity contribution in [3.05, 3.63) is 23.8 Å². The van der Waals surface area contributed by atoms with Crippen molar-refractivity contribution in [2.45, 2.75) is 51.0 Å². The minimum absolute atomic E-state index is 0.115. The zero-order chi connectivity index (χ0) is 13.6. The molecular weight excluding hydrogens is 256 g/mol. The topological polar surface area (TPSA) is 20.2 Å². The molecule has 106 valence electrons. The molecule has 2 fully saturated rings. The smallest absolute Gasteiger partial charge is 0.0591 e. The number of aliphatic hydroxyl groups excluding tert-OH is 1. The Balaban J connectivity index is 1.74. The van der Waals surface area contributed by atoms with E-state index in [0.717, 1.165) is 19.3 Å². The maximum atomic E-state index is 10.1. The number of alkyl halides is 1. The number of fused-ring (bicyclic) bond motifs is 1. The van der Waals surface area contributed by atoms with Gasteiger partial charge in [0, 0.05) is 5.38 Å². The van der Waals surface area contributed by atoms with Gasteiger partial charge in [-0.25, -0.2) is 0 Å². The molecule has 1 N–H and O–H groups in total. The molecule has 0 aromatic carbocycles. The Morgan fingerprint density at radius 1 is 1.16 bits per heavy atom. The SMILES string of the molecule is CC1CC(C2=CC3CCC(Cl)C3C=C2)CC(C)C1O. The highest BCUT2D eigenvalue weighted by atomic mass is 35.5.